The van der Waals surface area contributed by atoms with E-state index in [9.17, 15) is 12.8 Å². The van der Waals surface area contributed by atoms with Gasteiger partial charge in [0.1, 0.15) is 5.82 Å². The maximum atomic E-state index is 13.4. The SMILES string of the molecule is CNS(=O)(=O)c1cccc(NCc2ccc(Br)c(F)c2)c1. The summed E-state index contributed by atoms with van der Waals surface area (Å²) in [6, 6.07) is 11.3. The molecule has 0 fully saturated rings. The molecule has 2 aromatic rings. The van der Waals surface area contributed by atoms with Gasteiger partial charge in [0.15, 0.2) is 0 Å². The highest BCUT2D eigenvalue weighted by molar-refractivity contribution is 9.10. The molecule has 0 unspecified atom stereocenters. The second-order valence-corrected chi connectivity index (χ2v) is 7.08. The van der Waals surface area contributed by atoms with Crippen LogP contribution >= 0.6 is 15.9 Å². The summed E-state index contributed by atoms with van der Waals surface area (Å²) in [6.45, 7) is 0.396. The molecule has 2 aromatic carbocycles. The molecular weight excluding hydrogens is 359 g/mol. The summed E-state index contributed by atoms with van der Waals surface area (Å²) in [5.74, 6) is -0.333. The number of hydrogen-bond acceptors (Lipinski definition) is 3. The highest BCUT2D eigenvalue weighted by atomic mass is 79.9. The Kier molecular flexibility index (Phi) is 4.97. The van der Waals surface area contributed by atoms with Gasteiger partial charge in [-0.15, -0.1) is 0 Å². The first-order chi connectivity index (χ1) is 9.92. The quantitative estimate of drug-likeness (QED) is 0.847. The summed E-state index contributed by atoms with van der Waals surface area (Å²) in [5.41, 5.74) is 1.41. The Balaban J connectivity index is 2.13. The van der Waals surface area contributed by atoms with Gasteiger partial charge in [0.2, 0.25) is 10.0 Å². The van der Waals surface area contributed by atoms with Crippen LogP contribution in [0.5, 0.6) is 0 Å². The molecule has 0 aliphatic rings. The van der Waals surface area contributed by atoms with Gasteiger partial charge in [0.25, 0.3) is 0 Å². The van der Waals surface area contributed by atoms with Gasteiger partial charge in [0.05, 0.1) is 9.37 Å². The Hall–Kier alpha value is -1.44. The molecule has 0 aromatic heterocycles. The molecule has 0 spiro atoms. The second kappa shape index (κ2) is 6.55. The molecule has 2 N–H and O–H groups in total. The lowest BCUT2D eigenvalue weighted by molar-refractivity contribution is 0.588. The fraction of sp³-hybridized carbons (Fsp3) is 0.143. The molecule has 21 heavy (non-hydrogen) atoms. The summed E-state index contributed by atoms with van der Waals surface area (Å²) >= 11 is 3.10. The van der Waals surface area contributed by atoms with E-state index in [1.54, 1.807) is 24.3 Å². The third kappa shape index (κ3) is 4.03. The predicted octanol–water partition coefficient (Wildman–Crippen LogP) is 3.11. The molecule has 0 atom stereocenters. The number of hydrogen-bond donors (Lipinski definition) is 2. The average Bonchev–Trinajstić information content (AvgIpc) is 2.49. The second-order valence-electron chi connectivity index (χ2n) is 4.34. The summed E-state index contributed by atoms with van der Waals surface area (Å²) in [5, 5.41) is 3.07. The number of halogens is 2. The Morgan fingerprint density at radius 2 is 1.95 bits per heavy atom. The van der Waals surface area contributed by atoms with E-state index in [0.29, 0.717) is 16.7 Å². The van der Waals surface area contributed by atoms with Gasteiger partial charge in [-0.25, -0.2) is 17.5 Å². The highest BCUT2D eigenvalue weighted by Crippen LogP contribution is 2.19. The lowest BCUT2D eigenvalue weighted by Gasteiger charge is -2.09. The van der Waals surface area contributed by atoms with Crippen LogP contribution in [0.4, 0.5) is 10.1 Å². The molecule has 0 bridgehead atoms. The van der Waals surface area contributed by atoms with E-state index >= 15 is 0 Å². The zero-order valence-electron chi connectivity index (χ0n) is 11.2. The van der Waals surface area contributed by atoms with Crippen LogP contribution in [0.25, 0.3) is 0 Å². The summed E-state index contributed by atoms with van der Waals surface area (Å²) in [7, 11) is -2.11. The summed E-state index contributed by atoms with van der Waals surface area (Å²) < 4.78 is 39.5. The zero-order valence-corrected chi connectivity index (χ0v) is 13.6. The van der Waals surface area contributed by atoms with Gasteiger partial charge >= 0.3 is 0 Å². The Morgan fingerprint density at radius 1 is 1.19 bits per heavy atom. The van der Waals surface area contributed by atoms with Crippen LogP contribution in [0.15, 0.2) is 51.8 Å². The van der Waals surface area contributed by atoms with Crippen molar-refractivity contribution in [2.24, 2.45) is 0 Å². The molecule has 0 heterocycles. The molecule has 0 amide bonds. The third-order valence-electron chi connectivity index (χ3n) is 2.89. The van der Waals surface area contributed by atoms with E-state index < -0.39 is 10.0 Å². The van der Waals surface area contributed by atoms with Crippen LogP contribution in [0.3, 0.4) is 0 Å². The Labute approximate surface area is 131 Å². The maximum Gasteiger partial charge on any atom is 0.240 e. The lowest BCUT2D eigenvalue weighted by Crippen LogP contribution is -2.18. The van der Waals surface area contributed by atoms with Crippen LogP contribution in [0.1, 0.15) is 5.56 Å². The maximum absolute atomic E-state index is 13.4. The monoisotopic (exact) mass is 372 g/mol. The van der Waals surface area contributed by atoms with E-state index in [4.69, 9.17) is 0 Å². The minimum absolute atomic E-state index is 0.178. The van der Waals surface area contributed by atoms with Gasteiger partial charge in [0, 0.05) is 12.2 Å². The van der Waals surface area contributed by atoms with Crippen molar-refractivity contribution >= 4 is 31.6 Å². The van der Waals surface area contributed by atoms with Gasteiger partial charge in [-0.2, -0.15) is 0 Å². The van der Waals surface area contributed by atoms with Crippen molar-refractivity contribution < 1.29 is 12.8 Å². The third-order valence-corrected chi connectivity index (χ3v) is 4.95. The van der Waals surface area contributed by atoms with Crippen molar-refractivity contribution in [2.75, 3.05) is 12.4 Å². The Morgan fingerprint density at radius 3 is 2.62 bits per heavy atom. The topological polar surface area (TPSA) is 58.2 Å². The standard InChI is InChI=1S/C14H14BrFN2O2S/c1-17-21(19,20)12-4-2-3-11(8-12)18-9-10-5-6-13(15)14(16)7-10/h2-8,17-18H,9H2,1H3. The van der Waals surface area contributed by atoms with Crippen molar-refractivity contribution in [1.82, 2.24) is 4.72 Å². The van der Waals surface area contributed by atoms with E-state index in [0.717, 1.165) is 5.56 Å². The first kappa shape index (κ1) is 15.9. The minimum Gasteiger partial charge on any atom is -0.381 e. The highest BCUT2D eigenvalue weighted by Gasteiger charge is 2.11. The number of benzene rings is 2. The molecule has 0 aliphatic heterocycles. The van der Waals surface area contributed by atoms with E-state index in [1.807, 2.05) is 0 Å². The normalized spacial score (nSPS) is 11.4. The van der Waals surface area contributed by atoms with Crippen molar-refractivity contribution in [3.63, 3.8) is 0 Å². The Bertz CT molecular complexity index is 750. The molecule has 7 heteroatoms. The lowest BCUT2D eigenvalue weighted by atomic mass is 10.2. The first-order valence-electron chi connectivity index (χ1n) is 6.14. The van der Waals surface area contributed by atoms with Crippen LogP contribution in [-0.2, 0) is 16.6 Å². The number of anilines is 1. The van der Waals surface area contributed by atoms with Crippen molar-refractivity contribution in [3.05, 3.63) is 58.3 Å². The van der Waals surface area contributed by atoms with Gasteiger partial charge in [-0.1, -0.05) is 12.1 Å². The fourth-order valence-corrected chi connectivity index (χ4v) is 2.77. The van der Waals surface area contributed by atoms with E-state index in [1.165, 1.54) is 25.2 Å². The van der Waals surface area contributed by atoms with Gasteiger partial charge in [-0.3, -0.25) is 0 Å². The number of sulfonamides is 1. The number of rotatable bonds is 5. The van der Waals surface area contributed by atoms with Crippen molar-refractivity contribution in [3.8, 4) is 0 Å². The molecular formula is C14H14BrFN2O2S. The molecule has 0 aliphatic carbocycles. The predicted molar refractivity (Wildman–Crippen MR) is 84.1 cm³/mol. The van der Waals surface area contributed by atoms with Crippen LogP contribution < -0.4 is 10.0 Å². The number of nitrogens with one attached hydrogen (secondary N) is 2. The first-order valence-corrected chi connectivity index (χ1v) is 8.41. The molecule has 0 saturated heterocycles. The van der Waals surface area contributed by atoms with Gasteiger partial charge < -0.3 is 5.32 Å². The smallest absolute Gasteiger partial charge is 0.240 e. The van der Waals surface area contributed by atoms with E-state index in [-0.39, 0.29) is 10.7 Å². The van der Waals surface area contributed by atoms with E-state index in [2.05, 4.69) is 26.0 Å². The van der Waals surface area contributed by atoms with Crippen LogP contribution in [-0.4, -0.2) is 15.5 Å². The van der Waals surface area contributed by atoms with Crippen LogP contribution in [0, 0.1) is 5.82 Å². The van der Waals surface area contributed by atoms with Crippen molar-refractivity contribution in [1.29, 1.82) is 0 Å². The molecule has 4 nitrogen and oxygen atoms in total. The fourth-order valence-electron chi connectivity index (χ4n) is 1.74. The van der Waals surface area contributed by atoms with Gasteiger partial charge in [-0.05, 0) is 58.9 Å². The summed E-state index contributed by atoms with van der Waals surface area (Å²) in [6.07, 6.45) is 0. The summed E-state index contributed by atoms with van der Waals surface area (Å²) in [4.78, 5) is 0.178. The molecule has 0 radical (unpaired) electrons. The minimum atomic E-state index is -3.47. The van der Waals surface area contributed by atoms with Crippen molar-refractivity contribution in [2.45, 2.75) is 11.4 Å². The average molecular weight is 373 g/mol. The molecule has 112 valence electrons. The molecule has 0 saturated carbocycles. The zero-order chi connectivity index (χ0) is 15.5. The largest absolute Gasteiger partial charge is 0.381 e. The van der Waals surface area contributed by atoms with Crippen LogP contribution in [0.2, 0.25) is 0 Å². The molecule has 2 rings (SSSR count).